The van der Waals surface area contributed by atoms with Crippen molar-refractivity contribution in [1.82, 2.24) is 4.98 Å². The summed E-state index contributed by atoms with van der Waals surface area (Å²) in [5.74, 6) is -0.284. The lowest BCUT2D eigenvalue weighted by molar-refractivity contribution is -0.137. The van der Waals surface area contributed by atoms with Crippen LogP contribution in [0.15, 0.2) is 103 Å². The molecule has 0 saturated heterocycles. The molecular formula is C28H17F4N. The standard InChI is InChI=1S/C28H17F4N/c29-26-12-7-19(8-13-26)27-14-9-24(17-33-27)23-4-3-21-15-20(1-2-22(21)16-23)18-5-10-25(11-6-18)28(30,31)32/h1-17H. The summed E-state index contributed by atoms with van der Waals surface area (Å²) in [5.41, 5.74) is 4.50. The molecule has 5 heteroatoms. The molecule has 0 bridgehead atoms. The van der Waals surface area contributed by atoms with Gasteiger partial charge in [0.15, 0.2) is 0 Å². The van der Waals surface area contributed by atoms with E-state index in [0.29, 0.717) is 0 Å². The number of hydrogen-bond acceptors (Lipinski definition) is 1. The summed E-state index contributed by atoms with van der Waals surface area (Å²) in [6.07, 6.45) is -2.55. The number of benzene rings is 4. The fourth-order valence-corrected chi connectivity index (χ4v) is 3.81. The van der Waals surface area contributed by atoms with E-state index in [2.05, 4.69) is 11.1 Å². The Labute approximate surface area is 188 Å². The number of nitrogens with zero attached hydrogens (tertiary/aromatic N) is 1. The highest BCUT2D eigenvalue weighted by atomic mass is 19.4. The molecule has 4 aromatic carbocycles. The number of fused-ring (bicyclic) bond motifs is 1. The largest absolute Gasteiger partial charge is 0.416 e. The zero-order chi connectivity index (χ0) is 23.0. The van der Waals surface area contributed by atoms with E-state index in [9.17, 15) is 17.6 Å². The van der Waals surface area contributed by atoms with Crippen LogP contribution in [0.5, 0.6) is 0 Å². The summed E-state index contributed by atoms with van der Waals surface area (Å²) in [5, 5.41) is 2.01. The Morgan fingerprint density at radius 2 is 1.03 bits per heavy atom. The molecule has 1 heterocycles. The van der Waals surface area contributed by atoms with Crippen molar-refractivity contribution in [2.24, 2.45) is 0 Å². The summed E-state index contributed by atoms with van der Waals surface area (Å²) in [4.78, 5) is 4.51. The first-order valence-electron chi connectivity index (χ1n) is 10.3. The molecule has 33 heavy (non-hydrogen) atoms. The molecule has 0 aliphatic rings. The lowest BCUT2D eigenvalue weighted by atomic mass is 9.97. The van der Waals surface area contributed by atoms with Crippen LogP contribution in [-0.2, 0) is 6.18 Å². The van der Waals surface area contributed by atoms with E-state index < -0.39 is 11.7 Å². The van der Waals surface area contributed by atoms with Gasteiger partial charge < -0.3 is 0 Å². The molecule has 0 spiro atoms. The van der Waals surface area contributed by atoms with Crippen LogP contribution in [0.25, 0.3) is 44.3 Å². The van der Waals surface area contributed by atoms with Gasteiger partial charge in [-0.15, -0.1) is 0 Å². The lowest BCUT2D eigenvalue weighted by Gasteiger charge is -2.09. The van der Waals surface area contributed by atoms with Gasteiger partial charge in [0.25, 0.3) is 0 Å². The maximum atomic E-state index is 13.1. The first kappa shape index (κ1) is 20.9. The zero-order valence-corrected chi connectivity index (χ0v) is 17.3. The van der Waals surface area contributed by atoms with Crippen LogP contribution in [0.1, 0.15) is 5.56 Å². The third kappa shape index (κ3) is 4.35. The summed E-state index contributed by atoms with van der Waals surface area (Å²) < 4.78 is 51.6. The number of halogens is 4. The SMILES string of the molecule is Fc1ccc(-c2ccc(-c3ccc4cc(-c5ccc(C(F)(F)F)cc5)ccc4c3)cn2)cc1. The van der Waals surface area contributed by atoms with E-state index in [-0.39, 0.29) is 5.82 Å². The number of alkyl halides is 3. The number of hydrogen-bond donors (Lipinski definition) is 0. The Balaban J connectivity index is 1.41. The van der Waals surface area contributed by atoms with E-state index in [1.165, 1.54) is 24.3 Å². The van der Waals surface area contributed by atoms with Crippen LogP contribution in [0, 0.1) is 5.82 Å². The van der Waals surface area contributed by atoms with Gasteiger partial charge in [0.2, 0.25) is 0 Å². The normalized spacial score (nSPS) is 11.6. The molecule has 162 valence electrons. The Morgan fingerprint density at radius 3 is 1.58 bits per heavy atom. The Hall–Kier alpha value is -3.99. The van der Waals surface area contributed by atoms with Gasteiger partial charge in [-0.25, -0.2) is 4.39 Å². The van der Waals surface area contributed by atoms with Crippen molar-refractivity contribution in [3.63, 3.8) is 0 Å². The molecule has 0 fully saturated rings. The molecule has 1 nitrogen and oxygen atoms in total. The van der Waals surface area contributed by atoms with Gasteiger partial charge in [-0.1, -0.05) is 42.5 Å². The summed E-state index contributed by atoms with van der Waals surface area (Å²) >= 11 is 0. The van der Waals surface area contributed by atoms with Crippen LogP contribution in [0.2, 0.25) is 0 Å². The third-order valence-corrected chi connectivity index (χ3v) is 5.62. The van der Waals surface area contributed by atoms with Gasteiger partial charge >= 0.3 is 6.18 Å². The summed E-state index contributed by atoms with van der Waals surface area (Å²) in [7, 11) is 0. The highest BCUT2D eigenvalue weighted by molar-refractivity contribution is 5.90. The first-order valence-corrected chi connectivity index (χ1v) is 10.3. The van der Waals surface area contributed by atoms with Crippen molar-refractivity contribution in [3.05, 3.63) is 115 Å². The predicted octanol–water partition coefficient (Wildman–Crippen LogP) is 8.39. The van der Waals surface area contributed by atoms with Crippen molar-refractivity contribution in [2.75, 3.05) is 0 Å². The average Bonchev–Trinajstić information content (AvgIpc) is 2.83. The quantitative estimate of drug-likeness (QED) is 0.255. The third-order valence-electron chi connectivity index (χ3n) is 5.62. The van der Waals surface area contributed by atoms with Crippen LogP contribution in [0.3, 0.4) is 0 Å². The van der Waals surface area contributed by atoms with E-state index in [4.69, 9.17) is 0 Å². The predicted molar refractivity (Wildman–Crippen MR) is 123 cm³/mol. The van der Waals surface area contributed by atoms with Gasteiger partial charge in [-0.2, -0.15) is 13.2 Å². The first-order chi connectivity index (χ1) is 15.9. The maximum Gasteiger partial charge on any atom is 0.416 e. The molecule has 0 unspecified atom stereocenters. The van der Waals surface area contributed by atoms with Gasteiger partial charge in [0.1, 0.15) is 5.82 Å². The smallest absolute Gasteiger partial charge is 0.256 e. The molecule has 0 N–H and O–H groups in total. The van der Waals surface area contributed by atoms with Crippen LogP contribution < -0.4 is 0 Å². The fraction of sp³-hybridized carbons (Fsp3) is 0.0357. The van der Waals surface area contributed by atoms with Crippen LogP contribution in [0.4, 0.5) is 17.6 Å². The Kier molecular flexibility index (Phi) is 5.17. The molecule has 5 aromatic rings. The van der Waals surface area contributed by atoms with Gasteiger partial charge in [-0.3, -0.25) is 4.98 Å². The monoisotopic (exact) mass is 443 g/mol. The topological polar surface area (TPSA) is 12.9 Å². The molecule has 0 atom stereocenters. The van der Waals surface area contributed by atoms with Gasteiger partial charge in [-0.05, 0) is 82.1 Å². The average molecular weight is 443 g/mol. The van der Waals surface area contributed by atoms with Crippen LogP contribution >= 0.6 is 0 Å². The highest BCUT2D eigenvalue weighted by Gasteiger charge is 2.29. The van der Waals surface area contributed by atoms with Crippen molar-refractivity contribution in [2.45, 2.75) is 6.18 Å². The second-order valence-electron chi connectivity index (χ2n) is 7.79. The number of rotatable bonds is 3. The Morgan fingerprint density at radius 1 is 0.515 bits per heavy atom. The molecule has 0 saturated carbocycles. The van der Waals surface area contributed by atoms with Crippen molar-refractivity contribution in [1.29, 1.82) is 0 Å². The van der Waals surface area contributed by atoms with Crippen LogP contribution in [-0.4, -0.2) is 4.98 Å². The van der Waals surface area contributed by atoms with Crippen molar-refractivity contribution in [3.8, 4) is 33.5 Å². The molecule has 0 aliphatic heterocycles. The molecule has 1 aromatic heterocycles. The molecule has 0 amide bonds. The molecular weight excluding hydrogens is 426 g/mol. The minimum absolute atomic E-state index is 0.284. The van der Waals surface area contributed by atoms with Gasteiger partial charge in [0.05, 0.1) is 11.3 Å². The maximum absolute atomic E-state index is 13.1. The van der Waals surface area contributed by atoms with E-state index in [1.54, 1.807) is 18.3 Å². The molecule has 0 radical (unpaired) electrons. The van der Waals surface area contributed by atoms with E-state index in [0.717, 1.165) is 56.4 Å². The lowest BCUT2D eigenvalue weighted by Crippen LogP contribution is -2.03. The minimum Gasteiger partial charge on any atom is -0.256 e. The summed E-state index contributed by atoms with van der Waals surface area (Å²) in [6.45, 7) is 0. The van der Waals surface area contributed by atoms with Crippen molar-refractivity contribution < 1.29 is 17.6 Å². The molecule has 5 rings (SSSR count). The highest BCUT2D eigenvalue weighted by Crippen LogP contribution is 2.32. The number of aromatic nitrogens is 1. The second-order valence-corrected chi connectivity index (χ2v) is 7.79. The second kappa shape index (κ2) is 8.17. The van der Waals surface area contributed by atoms with Crippen molar-refractivity contribution >= 4 is 10.8 Å². The molecule has 0 aliphatic carbocycles. The zero-order valence-electron chi connectivity index (χ0n) is 17.3. The number of pyridine rings is 1. The fourth-order valence-electron chi connectivity index (χ4n) is 3.81. The van der Waals surface area contributed by atoms with E-state index >= 15 is 0 Å². The summed E-state index contributed by atoms with van der Waals surface area (Å²) in [6, 6.07) is 27.2. The minimum atomic E-state index is -4.34. The van der Waals surface area contributed by atoms with Gasteiger partial charge in [0, 0.05) is 17.3 Å². The van der Waals surface area contributed by atoms with E-state index in [1.807, 2.05) is 42.5 Å². The Bertz CT molecular complexity index is 1420.